The Morgan fingerprint density at radius 1 is 1.32 bits per heavy atom. The Morgan fingerprint density at radius 3 is 2.63 bits per heavy atom. The Kier molecular flexibility index (Phi) is 4.80. The van der Waals surface area contributed by atoms with Gasteiger partial charge in [-0.3, -0.25) is 4.90 Å². The van der Waals surface area contributed by atoms with Crippen molar-refractivity contribution in [2.24, 2.45) is 5.92 Å². The van der Waals surface area contributed by atoms with Crippen LogP contribution >= 0.6 is 15.9 Å². The normalized spacial score (nSPS) is 14.7. The standard InChI is InChI=1S/C15H16BrNO2/c1-2-19-15(18)17-9-7-12(8-10-17)11-13-5-3-4-6-14(13)16/h3-10,12H,2,11H2,1H3. The molecule has 0 N–H and O–H groups in total. The average molecular weight is 322 g/mol. The average Bonchev–Trinajstić information content (AvgIpc) is 2.42. The molecule has 3 nitrogen and oxygen atoms in total. The van der Waals surface area contributed by atoms with Crippen molar-refractivity contribution in [3.05, 3.63) is 58.9 Å². The molecule has 1 aromatic carbocycles. The summed E-state index contributed by atoms with van der Waals surface area (Å²) in [6.45, 7) is 2.18. The molecule has 100 valence electrons. The van der Waals surface area contributed by atoms with Crippen molar-refractivity contribution in [2.75, 3.05) is 6.61 Å². The molecular formula is C15H16BrNO2. The summed E-state index contributed by atoms with van der Waals surface area (Å²) in [4.78, 5) is 13.0. The van der Waals surface area contributed by atoms with E-state index in [1.165, 1.54) is 10.5 Å². The SMILES string of the molecule is CCOC(=O)N1C=CC(Cc2ccccc2Br)C=C1. The number of hydrogen-bond donors (Lipinski definition) is 0. The molecule has 0 atom stereocenters. The molecule has 19 heavy (non-hydrogen) atoms. The third kappa shape index (κ3) is 3.70. The zero-order valence-corrected chi connectivity index (χ0v) is 12.3. The Bertz CT molecular complexity index is 497. The first-order valence-electron chi connectivity index (χ1n) is 6.26. The van der Waals surface area contributed by atoms with Crippen LogP contribution in [-0.4, -0.2) is 17.6 Å². The molecular weight excluding hydrogens is 306 g/mol. The number of benzene rings is 1. The number of nitrogens with zero attached hydrogens (tertiary/aromatic N) is 1. The van der Waals surface area contributed by atoms with Crippen molar-refractivity contribution < 1.29 is 9.53 Å². The number of allylic oxidation sites excluding steroid dienone is 2. The fourth-order valence-electron chi connectivity index (χ4n) is 1.89. The van der Waals surface area contributed by atoms with E-state index in [9.17, 15) is 4.79 Å². The zero-order valence-electron chi connectivity index (χ0n) is 10.8. The van der Waals surface area contributed by atoms with Crippen molar-refractivity contribution in [1.29, 1.82) is 0 Å². The summed E-state index contributed by atoms with van der Waals surface area (Å²) in [6.07, 6.45) is 8.12. The van der Waals surface area contributed by atoms with Crippen molar-refractivity contribution in [3.63, 3.8) is 0 Å². The largest absolute Gasteiger partial charge is 0.449 e. The maximum atomic E-state index is 11.5. The molecule has 1 aliphatic rings. The van der Waals surface area contributed by atoms with Crippen molar-refractivity contribution in [3.8, 4) is 0 Å². The van der Waals surface area contributed by atoms with E-state index in [2.05, 4.69) is 22.0 Å². The van der Waals surface area contributed by atoms with Gasteiger partial charge in [0.25, 0.3) is 0 Å². The quantitative estimate of drug-likeness (QED) is 0.838. The number of carbonyl (C=O) groups excluding carboxylic acids is 1. The maximum Gasteiger partial charge on any atom is 0.417 e. The number of carbonyl (C=O) groups is 1. The van der Waals surface area contributed by atoms with Crippen molar-refractivity contribution in [1.82, 2.24) is 4.90 Å². The van der Waals surface area contributed by atoms with Gasteiger partial charge in [-0.2, -0.15) is 0 Å². The molecule has 0 bridgehead atoms. The zero-order chi connectivity index (χ0) is 13.7. The van der Waals surface area contributed by atoms with Gasteiger partial charge >= 0.3 is 6.09 Å². The Balaban J connectivity index is 1.96. The smallest absolute Gasteiger partial charge is 0.417 e. The van der Waals surface area contributed by atoms with E-state index in [1.54, 1.807) is 19.3 Å². The molecule has 0 radical (unpaired) electrons. The van der Waals surface area contributed by atoms with Gasteiger partial charge in [0.1, 0.15) is 0 Å². The number of halogens is 1. The molecule has 0 aromatic heterocycles. The molecule has 0 saturated carbocycles. The third-order valence-corrected chi connectivity index (χ3v) is 3.65. The predicted molar refractivity (Wildman–Crippen MR) is 78.5 cm³/mol. The van der Waals surface area contributed by atoms with Crippen LogP contribution in [-0.2, 0) is 11.2 Å². The molecule has 1 aromatic rings. The lowest BCUT2D eigenvalue weighted by molar-refractivity contribution is 0.133. The third-order valence-electron chi connectivity index (χ3n) is 2.88. The topological polar surface area (TPSA) is 29.5 Å². The van der Waals surface area contributed by atoms with Gasteiger partial charge in [-0.1, -0.05) is 46.3 Å². The highest BCUT2D eigenvalue weighted by atomic mass is 79.9. The Hall–Kier alpha value is -1.55. The van der Waals surface area contributed by atoms with E-state index in [4.69, 9.17) is 4.74 Å². The minimum absolute atomic E-state index is 0.296. The lowest BCUT2D eigenvalue weighted by atomic mass is 9.98. The van der Waals surface area contributed by atoms with Crippen LogP contribution in [0.2, 0.25) is 0 Å². The fourth-order valence-corrected chi connectivity index (χ4v) is 2.34. The van der Waals surface area contributed by atoms with E-state index in [0.717, 1.165) is 10.9 Å². The van der Waals surface area contributed by atoms with Gasteiger partial charge < -0.3 is 4.74 Å². The molecule has 2 rings (SSSR count). The van der Waals surface area contributed by atoms with Gasteiger partial charge in [0.2, 0.25) is 0 Å². The summed E-state index contributed by atoms with van der Waals surface area (Å²) in [5, 5.41) is 0. The van der Waals surface area contributed by atoms with Crippen LogP contribution < -0.4 is 0 Å². The minimum Gasteiger partial charge on any atom is -0.449 e. The molecule has 1 amide bonds. The summed E-state index contributed by atoms with van der Waals surface area (Å²) < 4.78 is 6.05. The first kappa shape index (κ1) is 13.9. The van der Waals surface area contributed by atoms with Crippen LogP contribution in [0.3, 0.4) is 0 Å². The molecule has 0 saturated heterocycles. The highest BCUT2D eigenvalue weighted by molar-refractivity contribution is 9.10. The van der Waals surface area contributed by atoms with Crippen LogP contribution in [0.15, 0.2) is 53.3 Å². The molecule has 0 spiro atoms. The van der Waals surface area contributed by atoms with E-state index >= 15 is 0 Å². The van der Waals surface area contributed by atoms with Gasteiger partial charge in [-0.15, -0.1) is 0 Å². The van der Waals surface area contributed by atoms with E-state index in [1.807, 2.05) is 30.4 Å². The highest BCUT2D eigenvalue weighted by Gasteiger charge is 2.14. The van der Waals surface area contributed by atoms with Crippen molar-refractivity contribution in [2.45, 2.75) is 13.3 Å². The Labute approximate surface area is 121 Å². The number of ether oxygens (including phenoxy) is 1. The highest BCUT2D eigenvalue weighted by Crippen LogP contribution is 2.22. The number of amides is 1. The first-order valence-corrected chi connectivity index (χ1v) is 7.05. The lowest BCUT2D eigenvalue weighted by Gasteiger charge is -2.19. The van der Waals surface area contributed by atoms with Crippen molar-refractivity contribution >= 4 is 22.0 Å². The van der Waals surface area contributed by atoms with Gasteiger partial charge in [0, 0.05) is 22.8 Å². The van der Waals surface area contributed by atoms with Crippen LogP contribution in [0.1, 0.15) is 12.5 Å². The summed E-state index contributed by atoms with van der Waals surface area (Å²) in [6, 6.07) is 8.17. The number of hydrogen-bond acceptors (Lipinski definition) is 2. The van der Waals surface area contributed by atoms with Crippen LogP contribution in [0.4, 0.5) is 4.79 Å². The lowest BCUT2D eigenvalue weighted by Crippen LogP contribution is -2.23. The van der Waals surface area contributed by atoms with E-state index in [-0.39, 0.29) is 6.09 Å². The van der Waals surface area contributed by atoms with Crippen LogP contribution in [0, 0.1) is 5.92 Å². The monoisotopic (exact) mass is 321 g/mol. The van der Waals surface area contributed by atoms with Crippen LogP contribution in [0.25, 0.3) is 0 Å². The van der Waals surface area contributed by atoms with Gasteiger partial charge in [-0.05, 0) is 25.0 Å². The summed E-state index contributed by atoms with van der Waals surface area (Å²) in [5.41, 5.74) is 1.26. The molecule has 0 aliphatic carbocycles. The minimum atomic E-state index is -0.339. The second-order valence-electron chi connectivity index (χ2n) is 4.25. The van der Waals surface area contributed by atoms with Gasteiger partial charge in [-0.25, -0.2) is 4.79 Å². The number of rotatable bonds is 3. The van der Waals surface area contributed by atoms with Gasteiger partial charge in [0.05, 0.1) is 6.61 Å². The molecule has 0 fully saturated rings. The first-order chi connectivity index (χ1) is 9.20. The van der Waals surface area contributed by atoms with E-state index in [0.29, 0.717) is 12.5 Å². The Morgan fingerprint density at radius 2 is 2.00 bits per heavy atom. The molecule has 1 heterocycles. The predicted octanol–water partition coefficient (Wildman–Crippen LogP) is 4.11. The second kappa shape index (κ2) is 6.57. The summed E-state index contributed by atoms with van der Waals surface area (Å²) in [7, 11) is 0. The second-order valence-corrected chi connectivity index (χ2v) is 5.10. The summed E-state index contributed by atoms with van der Waals surface area (Å²) >= 11 is 3.55. The fraction of sp³-hybridized carbons (Fsp3) is 0.267. The van der Waals surface area contributed by atoms with E-state index < -0.39 is 0 Å². The molecule has 1 aliphatic heterocycles. The van der Waals surface area contributed by atoms with Crippen LogP contribution in [0.5, 0.6) is 0 Å². The van der Waals surface area contributed by atoms with Gasteiger partial charge in [0.15, 0.2) is 0 Å². The summed E-state index contributed by atoms with van der Waals surface area (Å²) in [5.74, 6) is 0.296. The maximum absolute atomic E-state index is 11.5. The molecule has 4 heteroatoms. The molecule has 0 unspecified atom stereocenters.